The zero-order chi connectivity index (χ0) is 12.8. The number of ether oxygens (including phenoxy) is 1. The Morgan fingerprint density at radius 3 is 2.88 bits per heavy atom. The molecule has 0 amide bonds. The van der Waals surface area contributed by atoms with Crippen LogP contribution in [0.25, 0.3) is 0 Å². The molecule has 0 aromatic carbocycles. The van der Waals surface area contributed by atoms with E-state index < -0.39 is 12.1 Å². The van der Waals surface area contributed by atoms with Crippen LogP contribution in [0.15, 0.2) is 6.33 Å². The first-order valence-corrected chi connectivity index (χ1v) is 5.76. The van der Waals surface area contributed by atoms with Gasteiger partial charge in [0.1, 0.15) is 12.2 Å². The molecule has 17 heavy (non-hydrogen) atoms. The van der Waals surface area contributed by atoms with Crippen molar-refractivity contribution in [3.05, 3.63) is 12.2 Å². The van der Waals surface area contributed by atoms with Gasteiger partial charge in [-0.15, -0.1) is 0 Å². The second-order valence-electron chi connectivity index (χ2n) is 4.22. The first-order valence-electron chi connectivity index (χ1n) is 5.76. The number of rotatable bonds is 6. The van der Waals surface area contributed by atoms with Gasteiger partial charge in [0.05, 0.1) is 6.61 Å². The lowest BCUT2D eigenvalue weighted by Gasteiger charge is -2.11. The van der Waals surface area contributed by atoms with E-state index in [1.165, 1.54) is 6.33 Å². The lowest BCUT2D eigenvalue weighted by atomic mass is 10.2. The predicted octanol–water partition coefficient (Wildman–Crippen LogP) is 0.401. The molecular weight excluding hydrogens is 222 g/mol. The van der Waals surface area contributed by atoms with Crippen LogP contribution in [0.3, 0.4) is 0 Å². The monoisotopic (exact) mass is 241 g/mol. The minimum Gasteiger partial charge on any atom is -0.464 e. The summed E-state index contributed by atoms with van der Waals surface area (Å²) in [7, 11) is 0. The standard InChI is InChI=1S/C11H19N3O3/c1-4-17-11(16)9(15)5-10-12-7-13-14(10)6-8(2)3/h7-9,15H,4-6H2,1-3H3. The van der Waals surface area contributed by atoms with E-state index in [-0.39, 0.29) is 13.0 Å². The number of hydrogen-bond donors (Lipinski definition) is 1. The normalized spacial score (nSPS) is 12.8. The molecule has 1 unspecified atom stereocenters. The largest absolute Gasteiger partial charge is 0.464 e. The topological polar surface area (TPSA) is 77.2 Å². The van der Waals surface area contributed by atoms with Gasteiger partial charge in [-0.2, -0.15) is 5.10 Å². The SMILES string of the molecule is CCOC(=O)C(O)Cc1ncnn1CC(C)C. The summed E-state index contributed by atoms with van der Waals surface area (Å²) in [6.45, 7) is 6.80. The van der Waals surface area contributed by atoms with Crippen LogP contribution in [0.4, 0.5) is 0 Å². The molecule has 0 aliphatic carbocycles. The number of nitrogens with zero attached hydrogens (tertiary/aromatic N) is 3. The molecule has 0 aliphatic rings. The lowest BCUT2D eigenvalue weighted by molar-refractivity contribution is -0.152. The molecule has 0 saturated carbocycles. The minimum atomic E-state index is -1.18. The van der Waals surface area contributed by atoms with Crippen molar-refractivity contribution >= 4 is 5.97 Å². The van der Waals surface area contributed by atoms with E-state index >= 15 is 0 Å². The summed E-state index contributed by atoms with van der Waals surface area (Å²) in [5.41, 5.74) is 0. The number of hydrogen-bond acceptors (Lipinski definition) is 5. The number of aliphatic hydroxyl groups excluding tert-OH is 1. The molecule has 1 atom stereocenters. The van der Waals surface area contributed by atoms with Crippen molar-refractivity contribution in [3.8, 4) is 0 Å². The highest BCUT2D eigenvalue weighted by Crippen LogP contribution is 2.05. The molecule has 0 radical (unpaired) electrons. The fourth-order valence-corrected chi connectivity index (χ4v) is 1.44. The van der Waals surface area contributed by atoms with Crippen LogP contribution < -0.4 is 0 Å². The molecule has 1 aromatic rings. The highest BCUT2D eigenvalue weighted by Gasteiger charge is 2.19. The average molecular weight is 241 g/mol. The zero-order valence-electron chi connectivity index (χ0n) is 10.5. The second kappa shape index (κ2) is 6.34. The molecule has 1 heterocycles. The Bertz CT molecular complexity index is 363. The number of aromatic nitrogens is 3. The molecule has 1 aromatic heterocycles. The first kappa shape index (κ1) is 13.6. The summed E-state index contributed by atoms with van der Waals surface area (Å²) in [6, 6.07) is 0. The van der Waals surface area contributed by atoms with Crippen molar-refractivity contribution in [2.75, 3.05) is 6.61 Å². The van der Waals surface area contributed by atoms with Crippen molar-refractivity contribution in [3.63, 3.8) is 0 Å². The molecule has 0 spiro atoms. The van der Waals surface area contributed by atoms with E-state index in [9.17, 15) is 9.90 Å². The molecule has 0 bridgehead atoms. The Balaban J connectivity index is 2.61. The second-order valence-corrected chi connectivity index (χ2v) is 4.22. The van der Waals surface area contributed by atoms with Crippen molar-refractivity contribution in [2.24, 2.45) is 5.92 Å². The van der Waals surface area contributed by atoms with Crippen LogP contribution in [0.5, 0.6) is 0 Å². The van der Waals surface area contributed by atoms with Gasteiger partial charge in [0.15, 0.2) is 6.10 Å². The smallest absolute Gasteiger partial charge is 0.335 e. The fraction of sp³-hybridized carbons (Fsp3) is 0.727. The van der Waals surface area contributed by atoms with E-state index in [0.717, 1.165) is 0 Å². The molecule has 1 rings (SSSR count). The van der Waals surface area contributed by atoms with Crippen molar-refractivity contribution in [1.82, 2.24) is 14.8 Å². The maximum absolute atomic E-state index is 11.3. The Morgan fingerprint density at radius 1 is 1.59 bits per heavy atom. The maximum atomic E-state index is 11.3. The minimum absolute atomic E-state index is 0.131. The Kier molecular flexibility index (Phi) is 5.09. The summed E-state index contributed by atoms with van der Waals surface area (Å²) in [4.78, 5) is 15.3. The van der Waals surface area contributed by atoms with Crippen LogP contribution in [0.1, 0.15) is 26.6 Å². The van der Waals surface area contributed by atoms with Crippen molar-refractivity contribution in [2.45, 2.75) is 39.8 Å². The molecule has 1 N–H and O–H groups in total. The third kappa shape index (κ3) is 4.14. The van der Waals surface area contributed by atoms with Gasteiger partial charge in [0.2, 0.25) is 0 Å². The number of esters is 1. The van der Waals surface area contributed by atoms with Crippen LogP contribution in [0.2, 0.25) is 0 Å². The van der Waals surface area contributed by atoms with E-state index in [4.69, 9.17) is 4.74 Å². The molecule has 0 saturated heterocycles. The molecular formula is C11H19N3O3. The fourth-order valence-electron chi connectivity index (χ4n) is 1.44. The van der Waals surface area contributed by atoms with Gasteiger partial charge in [0.25, 0.3) is 0 Å². The highest BCUT2D eigenvalue weighted by molar-refractivity contribution is 5.74. The van der Waals surface area contributed by atoms with Crippen LogP contribution >= 0.6 is 0 Å². The summed E-state index contributed by atoms with van der Waals surface area (Å²) >= 11 is 0. The highest BCUT2D eigenvalue weighted by atomic mass is 16.5. The van der Waals surface area contributed by atoms with Gasteiger partial charge in [-0.05, 0) is 12.8 Å². The van der Waals surface area contributed by atoms with Gasteiger partial charge in [0, 0.05) is 13.0 Å². The first-order chi connectivity index (χ1) is 8.04. The van der Waals surface area contributed by atoms with Crippen LogP contribution in [0, 0.1) is 5.92 Å². The molecule has 6 nitrogen and oxygen atoms in total. The number of aliphatic hydroxyl groups is 1. The van der Waals surface area contributed by atoms with Gasteiger partial charge < -0.3 is 9.84 Å². The van der Waals surface area contributed by atoms with Gasteiger partial charge >= 0.3 is 5.97 Å². The predicted molar refractivity (Wildman–Crippen MR) is 61.2 cm³/mol. The van der Waals surface area contributed by atoms with E-state index in [1.807, 2.05) is 0 Å². The van der Waals surface area contributed by atoms with Gasteiger partial charge in [-0.3, -0.25) is 0 Å². The van der Waals surface area contributed by atoms with Crippen molar-refractivity contribution < 1.29 is 14.6 Å². The lowest BCUT2D eigenvalue weighted by Crippen LogP contribution is -2.27. The van der Waals surface area contributed by atoms with E-state index in [2.05, 4.69) is 23.9 Å². The number of carbonyl (C=O) groups is 1. The van der Waals surface area contributed by atoms with E-state index in [0.29, 0.717) is 18.3 Å². The summed E-state index contributed by atoms with van der Waals surface area (Å²) in [6.07, 6.45) is 0.381. The van der Waals surface area contributed by atoms with Gasteiger partial charge in [-0.1, -0.05) is 13.8 Å². The maximum Gasteiger partial charge on any atom is 0.335 e. The number of carbonyl (C=O) groups excluding carboxylic acids is 1. The quantitative estimate of drug-likeness (QED) is 0.729. The molecule has 96 valence electrons. The van der Waals surface area contributed by atoms with Crippen molar-refractivity contribution in [1.29, 1.82) is 0 Å². The Morgan fingerprint density at radius 2 is 2.29 bits per heavy atom. The van der Waals surface area contributed by atoms with Gasteiger partial charge in [-0.25, -0.2) is 14.5 Å². The summed E-state index contributed by atoms with van der Waals surface area (Å²) in [5.74, 6) is 0.404. The summed E-state index contributed by atoms with van der Waals surface area (Å²) < 4.78 is 6.43. The average Bonchev–Trinajstić information content (AvgIpc) is 2.65. The summed E-state index contributed by atoms with van der Waals surface area (Å²) in [5, 5.41) is 13.7. The Labute approximate surface area is 101 Å². The third-order valence-electron chi connectivity index (χ3n) is 2.17. The van der Waals surface area contributed by atoms with Crippen LogP contribution in [-0.4, -0.2) is 38.6 Å². The van der Waals surface area contributed by atoms with Crippen LogP contribution in [-0.2, 0) is 22.5 Å². The third-order valence-corrected chi connectivity index (χ3v) is 2.17. The zero-order valence-corrected chi connectivity index (χ0v) is 10.5. The van der Waals surface area contributed by atoms with E-state index in [1.54, 1.807) is 11.6 Å². The Hall–Kier alpha value is -1.43. The molecule has 0 fully saturated rings. The molecule has 6 heteroatoms. The molecule has 0 aliphatic heterocycles.